The van der Waals surface area contributed by atoms with Crippen LogP contribution in [-0.2, 0) is 0 Å². The van der Waals surface area contributed by atoms with Gasteiger partial charge in [0, 0.05) is 11.3 Å². The number of allylic oxidation sites excluding steroid dienone is 1. The molecule has 2 heterocycles. The third kappa shape index (κ3) is 3.83. The minimum Gasteiger partial charge on any atom is -0.497 e. The van der Waals surface area contributed by atoms with Crippen LogP contribution in [0.5, 0.6) is 5.75 Å². The van der Waals surface area contributed by atoms with E-state index >= 15 is 0 Å². The summed E-state index contributed by atoms with van der Waals surface area (Å²) in [6, 6.07) is 26.8. The highest BCUT2D eigenvalue weighted by molar-refractivity contribution is 6.03. The van der Waals surface area contributed by atoms with Gasteiger partial charge in [-0.15, -0.1) is 5.10 Å². The maximum absolute atomic E-state index is 12.7. The normalized spacial score (nSPS) is 14.7. The summed E-state index contributed by atoms with van der Waals surface area (Å²) in [7, 11) is 1.59. The molecule has 0 bridgehead atoms. The zero-order chi connectivity index (χ0) is 21.9. The van der Waals surface area contributed by atoms with Crippen molar-refractivity contribution >= 4 is 23.5 Å². The number of carbonyl (C=O) groups is 1. The molecule has 0 saturated carbocycles. The summed E-state index contributed by atoms with van der Waals surface area (Å²) in [6.07, 6.45) is 2.11. The van der Waals surface area contributed by atoms with Crippen molar-refractivity contribution in [1.29, 1.82) is 0 Å². The van der Waals surface area contributed by atoms with Gasteiger partial charge in [-0.05, 0) is 41.5 Å². The number of hydrogen-bond acceptors (Lipinski definition) is 5. The summed E-state index contributed by atoms with van der Waals surface area (Å²) in [6.45, 7) is 0. The summed E-state index contributed by atoms with van der Waals surface area (Å²) >= 11 is 0. The molecule has 0 saturated heterocycles. The molecule has 3 aromatic carbocycles. The van der Waals surface area contributed by atoms with Crippen LogP contribution in [-0.4, -0.2) is 27.8 Å². The van der Waals surface area contributed by atoms with Crippen molar-refractivity contribution in [2.24, 2.45) is 0 Å². The van der Waals surface area contributed by atoms with Crippen molar-refractivity contribution in [3.63, 3.8) is 0 Å². The van der Waals surface area contributed by atoms with E-state index in [1.54, 1.807) is 36.1 Å². The lowest BCUT2D eigenvalue weighted by atomic mass is 10.0. The average molecular weight is 423 g/mol. The number of nitrogens with zero attached hydrogens (tertiary/aromatic N) is 3. The topological polar surface area (TPSA) is 81.1 Å². The molecule has 158 valence electrons. The number of carbonyl (C=O) groups excluding carboxylic acids is 1. The Morgan fingerprint density at radius 2 is 1.66 bits per heavy atom. The smallest absolute Gasteiger partial charge is 0.258 e. The number of anilines is 2. The van der Waals surface area contributed by atoms with Crippen molar-refractivity contribution in [2.45, 2.75) is 6.04 Å². The molecule has 0 spiro atoms. The minimum absolute atomic E-state index is 0.165. The third-order valence-electron chi connectivity index (χ3n) is 5.27. The van der Waals surface area contributed by atoms with Crippen molar-refractivity contribution in [3.8, 4) is 5.75 Å². The van der Waals surface area contributed by atoms with E-state index in [0.717, 1.165) is 16.8 Å². The van der Waals surface area contributed by atoms with Crippen molar-refractivity contribution < 1.29 is 9.53 Å². The van der Waals surface area contributed by atoms with Gasteiger partial charge in [0.1, 0.15) is 11.8 Å². The number of aromatic nitrogens is 3. The van der Waals surface area contributed by atoms with Gasteiger partial charge < -0.3 is 10.1 Å². The number of amides is 1. The monoisotopic (exact) mass is 423 g/mol. The maximum atomic E-state index is 12.7. The molecule has 0 fully saturated rings. The first-order valence-corrected chi connectivity index (χ1v) is 10.2. The molecule has 1 aromatic heterocycles. The molecule has 0 radical (unpaired) electrons. The fourth-order valence-electron chi connectivity index (χ4n) is 3.64. The first kappa shape index (κ1) is 19.6. The van der Waals surface area contributed by atoms with Gasteiger partial charge in [-0.2, -0.15) is 4.98 Å². The number of hydrogen-bond donors (Lipinski definition) is 2. The Bertz CT molecular complexity index is 1260. The lowest BCUT2D eigenvalue weighted by molar-refractivity contribution is 0.102. The Labute approximate surface area is 185 Å². The second-order valence-corrected chi connectivity index (χ2v) is 7.31. The molecule has 1 atom stereocenters. The second-order valence-electron chi connectivity index (χ2n) is 7.31. The molecular weight excluding hydrogens is 402 g/mol. The van der Waals surface area contributed by atoms with E-state index in [4.69, 9.17) is 4.74 Å². The van der Waals surface area contributed by atoms with Crippen LogP contribution in [0.2, 0.25) is 0 Å². The van der Waals surface area contributed by atoms with E-state index in [-0.39, 0.29) is 17.9 Å². The standard InChI is InChI=1S/C25H21N5O2/c1-32-20-14-12-19(13-15-20)23(31)27-24-28-25-26-21(17-8-4-2-5-9-17)16-22(30(25)29-24)18-10-6-3-7-11-18/h2-16,22H,1H3,(H2,26,27,28,29,31)/t22-/m0/s1. The molecular formula is C25H21N5O2. The Morgan fingerprint density at radius 3 is 2.34 bits per heavy atom. The average Bonchev–Trinajstić information content (AvgIpc) is 3.26. The highest BCUT2D eigenvalue weighted by Gasteiger charge is 2.25. The predicted octanol–water partition coefficient (Wildman–Crippen LogP) is 4.60. The Hall–Kier alpha value is -4.39. The SMILES string of the molecule is COc1ccc(C(=O)Nc2nc3n(n2)[C@H](c2ccccc2)C=C(c2ccccc2)N3)cc1. The molecule has 7 heteroatoms. The van der Waals surface area contributed by atoms with Crippen LogP contribution < -0.4 is 15.4 Å². The van der Waals surface area contributed by atoms with Gasteiger partial charge in [0.2, 0.25) is 5.95 Å². The predicted molar refractivity (Wildman–Crippen MR) is 124 cm³/mol. The van der Waals surface area contributed by atoms with Gasteiger partial charge in [-0.3, -0.25) is 10.1 Å². The Morgan fingerprint density at radius 1 is 0.969 bits per heavy atom. The fourth-order valence-corrected chi connectivity index (χ4v) is 3.64. The molecule has 0 aliphatic carbocycles. The number of methoxy groups -OCH3 is 1. The molecule has 1 amide bonds. The van der Waals surface area contributed by atoms with Crippen LogP contribution in [0.1, 0.15) is 27.5 Å². The number of benzene rings is 3. The van der Waals surface area contributed by atoms with E-state index in [1.807, 2.05) is 48.5 Å². The second kappa shape index (κ2) is 8.39. The lowest BCUT2D eigenvalue weighted by Crippen LogP contribution is -2.20. The van der Waals surface area contributed by atoms with Crippen LogP contribution in [0.25, 0.3) is 5.70 Å². The Kier molecular flexibility index (Phi) is 5.13. The highest BCUT2D eigenvalue weighted by atomic mass is 16.5. The molecule has 1 aliphatic rings. The van der Waals surface area contributed by atoms with Gasteiger partial charge in [0.05, 0.1) is 7.11 Å². The molecule has 4 aromatic rings. The summed E-state index contributed by atoms with van der Waals surface area (Å²) in [5.74, 6) is 1.19. The molecule has 5 rings (SSSR count). The van der Waals surface area contributed by atoms with Crippen molar-refractivity contribution in [1.82, 2.24) is 14.8 Å². The van der Waals surface area contributed by atoms with E-state index in [1.165, 1.54) is 0 Å². The molecule has 7 nitrogen and oxygen atoms in total. The molecule has 0 unspecified atom stereocenters. The summed E-state index contributed by atoms with van der Waals surface area (Å²) in [5, 5.41) is 10.7. The quantitative estimate of drug-likeness (QED) is 0.491. The minimum atomic E-state index is -0.289. The molecule has 32 heavy (non-hydrogen) atoms. The van der Waals surface area contributed by atoms with Crippen LogP contribution in [0.3, 0.4) is 0 Å². The largest absolute Gasteiger partial charge is 0.497 e. The van der Waals surface area contributed by atoms with Crippen LogP contribution >= 0.6 is 0 Å². The van der Waals surface area contributed by atoms with Crippen LogP contribution in [0.15, 0.2) is 91.0 Å². The van der Waals surface area contributed by atoms with E-state index in [9.17, 15) is 4.79 Å². The fraction of sp³-hybridized carbons (Fsp3) is 0.0800. The molecule has 2 N–H and O–H groups in total. The van der Waals surface area contributed by atoms with E-state index in [0.29, 0.717) is 17.3 Å². The van der Waals surface area contributed by atoms with Crippen LogP contribution in [0.4, 0.5) is 11.9 Å². The summed E-state index contributed by atoms with van der Waals surface area (Å²) in [4.78, 5) is 17.2. The van der Waals surface area contributed by atoms with E-state index < -0.39 is 0 Å². The van der Waals surface area contributed by atoms with Crippen molar-refractivity contribution in [2.75, 3.05) is 17.7 Å². The third-order valence-corrected chi connectivity index (χ3v) is 5.27. The van der Waals surface area contributed by atoms with Gasteiger partial charge in [-0.25, -0.2) is 4.68 Å². The number of nitrogens with one attached hydrogen (secondary N) is 2. The first-order chi connectivity index (χ1) is 15.7. The van der Waals surface area contributed by atoms with Gasteiger partial charge >= 0.3 is 0 Å². The lowest BCUT2D eigenvalue weighted by Gasteiger charge is -2.24. The Balaban J connectivity index is 1.47. The van der Waals surface area contributed by atoms with Crippen molar-refractivity contribution in [3.05, 3.63) is 108 Å². The summed E-state index contributed by atoms with van der Waals surface area (Å²) < 4.78 is 6.93. The number of rotatable bonds is 5. The molecule has 1 aliphatic heterocycles. The van der Waals surface area contributed by atoms with Gasteiger partial charge in [0.25, 0.3) is 11.9 Å². The zero-order valence-electron chi connectivity index (χ0n) is 17.4. The number of fused-ring (bicyclic) bond motifs is 1. The summed E-state index contributed by atoms with van der Waals surface area (Å²) in [5.41, 5.74) is 3.55. The highest BCUT2D eigenvalue weighted by Crippen LogP contribution is 2.33. The van der Waals surface area contributed by atoms with Gasteiger partial charge in [0.15, 0.2) is 0 Å². The maximum Gasteiger partial charge on any atom is 0.258 e. The first-order valence-electron chi connectivity index (χ1n) is 10.2. The number of ether oxygens (including phenoxy) is 1. The van der Waals surface area contributed by atoms with Gasteiger partial charge in [-0.1, -0.05) is 60.7 Å². The van der Waals surface area contributed by atoms with Crippen LogP contribution in [0, 0.1) is 0 Å². The zero-order valence-corrected chi connectivity index (χ0v) is 17.4. The van der Waals surface area contributed by atoms with E-state index in [2.05, 4.69) is 38.9 Å².